The molecule has 1 fully saturated rings. The average molecular weight is 455 g/mol. The van der Waals surface area contributed by atoms with Crippen LogP contribution in [0.2, 0.25) is 0 Å². The van der Waals surface area contributed by atoms with Crippen molar-refractivity contribution in [1.29, 1.82) is 0 Å². The quantitative estimate of drug-likeness (QED) is 0.516. The van der Waals surface area contributed by atoms with Crippen LogP contribution in [0.3, 0.4) is 0 Å². The third-order valence-corrected chi connectivity index (χ3v) is 5.94. The summed E-state index contributed by atoms with van der Waals surface area (Å²) < 4.78 is 53.8. The van der Waals surface area contributed by atoms with E-state index >= 15 is 0 Å². The number of amides is 1. The summed E-state index contributed by atoms with van der Waals surface area (Å²) in [5.74, 6) is 0.682. The third kappa shape index (κ3) is 4.20. The van der Waals surface area contributed by atoms with E-state index in [1.165, 1.54) is 18.2 Å². The number of anilines is 1. The Kier molecular flexibility index (Phi) is 4.96. The van der Waals surface area contributed by atoms with Crippen molar-refractivity contribution in [1.82, 2.24) is 0 Å². The molecule has 2 aliphatic rings. The van der Waals surface area contributed by atoms with E-state index in [1.54, 1.807) is 30.3 Å². The maximum absolute atomic E-state index is 13.2. The second kappa shape index (κ2) is 7.72. The summed E-state index contributed by atoms with van der Waals surface area (Å²) >= 11 is 0. The van der Waals surface area contributed by atoms with E-state index in [1.807, 2.05) is 19.1 Å². The van der Waals surface area contributed by atoms with Crippen LogP contribution in [0.25, 0.3) is 11.1 Å². The van der Waals surface area contributed by atoms with Gasteiger partial charge in [0.15, 0.2) is 11.5 Å². The second-order valence-electron chi connectivity index (χ2n) is 8.23. The molecule has 33 heavy (non-hydrogen) atoms. The van der Waals surface area contributed by atoms with Crippen molar-refractivity contribution in [2.24, 2.45) is 0 Å². The summed E-state index contributed by atoms with van der Waals surface area (Å²) in [5, 5.41) is 2.87. The Hall–Kier alpha value is -3.68. The lowest BCUT2D eigenvalue weighted by Crippen LogP contribution is -2.27. The Morgan fingerprint density at radius 1 is 0.970 bits per heavy atom. The largest absolute Gasteiger partial charge is 0.573 e. The van der Waals surface area contributed by atoms with Gasteiger partial charge in [0.05, 0.1) is 5.41 Å². The molecular formula is C25H20F3NO4. The number of carbonyl (C=O) groups is 1. The van der Waals surface area contributed by atoms with Gasteiger partial charge in [0, 0.05) is 11.3 Å². The predicted octanol–water partition coefficient (Wildman–Crippen LogP) is 5.96. The van der Waals surface area contributed by atoms with E-state index in [4.69, 9.17) is 9.47 Å². The zero-order valence-electron chi connectivity index (χ0n) is 17.7. The Bertz CT molecular complexity index is 1220. The Morgan fingerprint density at radius 3 is 2.39 bits per heavy atom. The molecule has 1 amide bonds. The van der Waals surface area contributed by atoms with Crippen LogP contribution in [0.15, 0.2) is 60.7 Å². The number of halogens is 3. The van der Waals surface area contributed by atoms with Crippen molar-refractivity contribution in [3.05, 3.63) is 71.8 Å². The van der Waals surface area contributed by atoms with Gasteiger partial charge in [0.1, 0.15) is 5.75 Å². The number of aryl methyl sites for hydroxylation is 1. The Morgan fingerprint density at radius 2 is 1.70 bits per heavy atom. The van der Waals surface area contributed by atoms with E-state index in [-0.39, 0.29) is 24.0 Å². The molecule has 0 atom stereocenters. The van der Waals surface area contributed by atoms with E-state index < -0.39 is 11.8 Å². The monoisotopic (exact) mass is 455 g/mol. The molecule has 3 aromatic carbocycles. The molecule has 5 rings (SSSR count). The highest BCUT2D eigenvalue weighted by molar-refractivity contribution is 6.02. The summed E-state index contributed by atoms with van der Waals surface area (Å²) in [5.41, 5.74) is 2.26. The first-order valence-corrected chi connectivity index (χ1v) is 10.4. The molecule has 0 spiro atoms. The van der Waals surface area contributed by atoms with Crippen molar-refractivity contribution in [2.45, 2.75) is 31.5 Å². The van der Waals surface area contributed by atoms with Crippen molar-refractivity contribution >= 4 is 11.6 Å². The number of rotatable bonds is 5. The minimum Gasteiger partial charge on any atom is -0.454 e. The average Bonchev–Trinajstić information content (AvgIpc) is 3.45. The summed E-state index contributed by atoms with van der Waals surface area (Å²) in [6, 6.07) is 16.6. The number of nitrogens with one attached hydrogen (secondary N) is 1. The van der Waals surface area contributed by atoms with Gasteiger partial charge in [-0.15, -0.1) is 13.2 Å². The van der Waals surface area contributed by atoms with E-state index in [0.717, 1.165) is 11.1 Å². The van der Waals surface area contributed by atoms with Gasteiger partial charge in [-0.3, -0.25) is 4.79 Å². The zero-order valence-corrected chi connectivity index (χ0v) is 17.7. The molecular weight excluding hydrogens is 435 g/mol. The van der Waals surface area contributed by atoms with Gasteiger partial charge in [-0.2, -0.15) is 0 Å². The number of hydrogen-bond acceptors (Lipinski definition) is 4. The van der Waals surface area contributed by atoms with Crippen LogP contribution in [-0.2, 0) is 10.2 Å². The molecule has 5 nitrogen and oxygen atoms in total. The lowest BCUT2D eigenvalue weighted by atomic mass is 9.94. The minimum absolute atomic E-state index is 0.145. The molecule has 0 radical (unpaired) electrons. The number of alkyl halides is 3. The highest BCUT2D eigenvalue weighted by Crippen LogP contribution is 2.51. The maximum Gasteiger partial charge on any atom is 0.573 e. The molecule has 170 valence electrons. The van der Waals surface area contributed by atoms with Gasteiger partial charge in [-0.05, 0) is 61.2 Å². The fourth-order valence-corrected chi connectivity index (χ4v) is 4.00. The van der Waals surface area contributed by atoms with Crippen molar-refractivity contribution < 1.29 is 32.2 Å². The Labute approximate surface area is 188 Å². The van der Waals surface area contributed by atoms with Crippen LogP contribution in [-0.4, -0.2) is 19.1 Å². The molecule has 1 saturated carbocycles. The van der Waals surface area contributed by atoms with Crippen LogP contribution in [0.5, 0.6) is 17.2 Å². The molecule has 8 heteroatoms. The summed E-state index contributed by atoms with van der Waals surface area (Å²) in [4.78, 5) is 13.2. The van der Waals surface area contributed by atoms with Crippen LogP contribution < -0.4 is 19.5 Å². The van der Waals surface area contributed by atoms with Gasteiger partial charge in [-0.1, -0.05) is 35.9 Å². The first-order valence-electron chi connectivity index (χ1n) is 10.4. The van der Waals surface area contributed by atoms with Gasteiger partial charge in [0.2, 0.25) is 12.7 Å². The van der Waals surface area contributed by atoms with Crippen LogP contribution >= 0.6 is 0 Å². The van der Waals surface area contributed by atoms with Gasteiger partial charge >= 0.3 is 6.36 Å². The Balaban J connectivity index is 1.44. The van der Waals surface area contributed by atoms with Crippen LogP contribution in [0, 0.1) is 6.92 Å². The molecule has 1 aliphatic heterocycles. The molecule has 1 N–H and O–H groups in total. The first kappa shape index (κ1) is 21.2. The van der Waals surface area contributed by atoms with Crippen LogP contribution in [0.1, 0.15) is 24.0 Å². The highest BCUT2D eigenvalue weighted by atomic mass is 19.4. The zero-order chi connectivity index (χ0) is 23.2. The van der Waals surface area contributed by atoms with Gasteiger partial charge in [0.25, 0.3) is 0 Å². The van der Waals surface area contributed by atoms with E-state index in [2.05, 4.69) is 10.1 Å². The fourth-order valence-electron chi connectivity index (χ4n) is 4.00. The maximum atomic E-state index is 13.2. The van der Waals surface area contributed by atoms with Crippen molar-refractivity contribution in [3.63, 3.8) is 0 Å². The molecule has 0 aromatic heterocycles. The standard InChI is InChI=1S/C25H20F3NO4/c1-15-2-4-16(5-3-15)19-13-18(7-9-20(19)33-25(26,27)28)29-23(30)24(10-11-24)17-6-8-21-22(12-17)32-14-31-21/h2-9,12-13H,10-11,14H2,1H3,(H,29,30). The predicted molar refractivity (Wildman–Crippen MR) is 115 cm³/mol. The van der Waals surface area contributed by atoms with E-state index in [0.29, 0.717) is 35.6 Å². The lowest BCUT2D eigenvalue weighted by molar-refractivity contribution is -0.274. The molecule has 1 aliphatic carbocycles. The molecule has 0 bridgehead atoms. The first-order chi connectivity index (χ1) is 15.7. The van der Waals surface area contributed by atoms with Gasteiger partial charge < -0.3 is 19.5 Å². The molecule has 3 aromatic rings. The number of carbonyl (C=O) groups excluding carboxylic acids is 1. The smallest absolute Gasteiger partial charge is 0.454 e. The third-order valence-electron chi connectivity index (χ3n) is 5.94. The molecule has 0 unspecified atom stereocenters. The SMILES string of the molecule is Cc1ccc(-c2cc(NC(=O)C3(c4ccc5c(c4)OCO5)CC3)ccc2OC(F)(F)F)cc1. The minimum atomic E-state index is -4.83. The number of fused-ring (bicyclic) bond motifs is 1. The topological polar surface area (TPSA) is 56.8 Å². The highest BCUT2D eigenvalue weighted by Gasteiger charge is 2.51. The summed E-state index contributed by atoms with van der Waals surface area (Å²) in [7, 11) is 0. The van der Waals surface area contributed by atoms with Crippen molar-refractivity contribution in [3.8, 4) is 28.4 Å². The second-order valence-corrected chi connectivity index (χ2v) is 8.23. The lowest BCUT2D eigenvalue weighted by Gasteiger charge is -2.18. The van der Waals surface area contributed by atoms with Crippen molar-refractivity contribution in [2.75, 3.05) is 12.1 Å². The normalized spacial score (nSPS) is 15.8. The number of benzene rings is 3. The number of ether oxygens (including phenoxy) is 3. The molecule has 0 saturated heterocycles. The van der Waals surface area contributed by atoms with Crippen LogP contribution in [0.4, 0.5) is 18.9 Å². The summed E-state index contributed by atoms with van der Waals surface area (Å²) in [6.45, 7) is 2.03. The van der Waals surface area contributed by atoms with Gasteiger partial charge in [-0.25, -0.2) is 0 Å². The summed E-state index contributed by atoms with van der Waals surface area (Å²) in [6.07, 6.45) is -3.50. The number of hydrogen-bond donors (Lipinski definition) is 1. The fraction of sp³-hybridized carbons (Fsp3) is 0.240. The molecule has 1 heterocycles. The van der Waals surface area contributed by atoms with E-state index in [9.17, 15) is 18.0 Å².